The minimum absolute atomic E-state index is 0.192. The maximum atomic E-state index is 11.4. The molecule has 0 atom stereocenters. The fourth-order valence-corrected chi connectivity index (χ4v) is 1.17. The Bertz CT molecular complexity index is 413. The van der Waals surface area contributed by atoms with Crippen molar-refractivity contribution in [1.82, 2.24) is 10.8 Å². The summed E-state index contributed by atoms with van der Waals surface area (Å²) in [6.45, 7) is 2.37. The minimum Gasteiger partial charge on any atom is -0.409 e. The number of rotatable bonds is 5. The second-order valence-electron chi connectivity index (χ2n) is 2.96. The Labute approximate surface area is 105 Å². The lowest BCUT2D eigenvalue weighted by Crippen LogP contribution is -2.24. The van der Waals surface area contributed by atoms with Crippen LogP contribution in [0, 0.1) is 0 Å². The van der Waals surface area contributed by atoms with Crippen molar-refractivity contribution in [2.75, 3.05) is 6.54 Å². The van der Waals surface area contributed by atoms with Crippen molar-refractivity contribution < 1.29 is 18.6 Å². The first kappa shape index (κ1) is 11.7. The first-order valence-electron chi connectivity index (χ1n) is 5.23. The van der Waals surface area contributed by atoms with E-state index in [1.165, 1.54) is 24.3 Å². The number of nitrogens with one attached hydrogen (secondary N) is 2. The van der Waals surface area contributed by atoms with E-state index in [-0.39, 0.29) is 24.5 Å². The van der Waals surface area contributed by atoms with Gasteiger partial charge < -0.3 is 10.1 Å². The zero-order chi connectivity index (χ0) is 13.4. The van der Waals surface area contributed by atoms with Gasteiger partial charge in [0.25, 0.3) is 5.91 Å². The summed E-state index contributed by atoms with van der Waals surface area (Å²) in [4.78, 5) is 22.5. The number of carbonyl (C=O) groups is 2. The molecule has 92 valence electrons. The van der Waals surface area contributed by atoms with E-state index in [0.29, 0.717) is 12.1 Å². The van der Waals surface area contributed by atoms with Gasteiger partial charge in [0.15, 0.2) is 0 Å². The quantitative estimate of drug-likeness (QED) is 0.423. The average molecular weight is 258 g/mol. The summed E-state index contributed by atoms with van der Waals surface area (Å²) in [5, 5.41) is 2.65. The highest BCUT2D eigenvalue weighted by Crippen LogP contribution is 2.12. The average Bonchev–Trinajstić information content (AvgIpc) is 2.37. The zero-order valence-corrected chi connectivity index (χ0v) is 9.87. The standard InChI is InChI=1S/C10H12N2O4S/c1-2-11-9(13)7-3-5-8(6-4-7)15-10(14)12-16-17/h3-6,17H,2H2,1H3,(H,11,13)(H,12,14)/i/hT. The van der Waals surface area contributed by atoms with Crippen LogP contribution in [-0.4, -0.2) is 19.7 Å². The lowest BCUT2D eigenvalue weighted by molar-refractivity contribution is 0.0956. The second kappa shape index (κ2) is 6.77. The molecule has 7 heteroatoms. The van der Waals surface area contributed by atoms with E-state index in [4.69, 9.17) is 5.86 Å². The van der Waals surface area contributed by atoms with Gasteiger partial charge in [-0.25, -0.2) is 9.08 Å². The van der Waals surface area contributed by atoms with Gasteiger partial charge in [0.1, 0.15) is 6.87 Å². The molecular formula is C10H12N2O4S. The van der Waals surface area contributed by atoms with Crippen molar-refractivity contribution in [2.45, 2.75) is 6.92 Å². The molecule has 0 aliphatic rings. The van der Waals surface area contributed by atoms with Crippen molar-refractivity contribution >= 4 is 24.8 Å². The van der Waals surface area contributed by atoms with Crippen LogP contribution in [0.15, 0.2) is 24.3 Å². The van der Waals surface area contributed by atoms with Crippen LogP contribution in [0.2, 0.25) is 0 Å². The van der Waals surface area contributed by atoms with Crippen LogP contribution in [-0.2, 0) is 4.28 Å². The van der Waals surface area contributed by atoms with Crippen LogP contribution in [0.3, 0.4) is 0 Å². The first-order chi connectivity index (χ1) is 8.67. The molecule has 2 amide bonds. The van der Waals surface area contributed by atoms with Gasteiger partial charge in [-0.15, -0.1) is 0 Å². The molecule has 0 heterocycles. The third kappa shape index (κ3) is 4.33. The molecule has 0 aromatic heterocycles. The zero-order valence-electron chi connectivity index (χ0n) is 10.1. The van der Waals surface area contributed by atoms with Crippen LogP contribution in [0.4, 0.5) is 4.79 Å². The molecule has 0 unspecified atom stereocenters. The topological polar surface area (TPSA) is 76.7 Å². The van der Waals surface area contributed by atoms with Gasteiger partial charge in [-0.2, -0.15) is 5.48 Å². The van der Waals surface area contributed by atoms with E-state index in [2.05, 4.69) is 9.60 Å². The molecule has 0 saturated heterocycles. The van der Waals surface area contributed by atoms with Gasteiger partial charge >= 0.3 is 6.09 Å². The summed E-state index contributed by atoms with van der Waals surface area (Å²) in [5.74, 6) is 0.0709. The highest BCUT2D eigenvalue weighted by Gasteiger charge is 2.06. The third-order valence-electron chi connectivity index (χ3n) is 1.79. The summed E-state index contributed by atoms with van der Waals surface area (Å²) in [5.41, 5.74) is 2.35. The number of thiol groups is 1. The van der Waals surface area contributed by atoms with Crippen LogP contribution in [0.25, 0.3) is 0 Å². The van der Waals surface area contributed by atoms with E-state index < -0.39 is 6.09 Å². The molecule has 0 radical (unpaired) electrons. The van der Waals surface area contributed by atoms with E-state index in [1.807, 2.05) is 12.4 Å². The minimum atomic E-state index is -0.847. The SMILES string of the molecule is [3H]SONC(=O)Oc1ccc(C(=O)NCC)cc1. The first-order valence-corrected chi connectivity index (χ1v) is 5.15. The molecule has 0 fully saturated rings. The summed E-state index contributed by atoms with van der Waals surface area (Å²) in [6, 6.07) is 6.04. The Kier molecular flexibility index (Phi) is 4.68. The van der Waals surface area contributed by atoms with Crippen molar-refractivity contribution in [3.8, 4) is 5.75 Å². The van der Waals surface area contributed by atoms with Crippen molar-refractivity contribution in [1.29, 1.82) is 1.12 Å². The van der Waals surface area contributed by atoms with Crippen molar-refractivity contribution in [2.24, 2.45) is 0 Å². The summed E-state index contributed by atoms with van der Waals surface area (Å²) >= 11 is 0.237. The van der Waals surface area contributed by atoms with Gasteiger partial charge in [-0.05, 0) is 31.2 Å². The van der Waals surface area contributed by atoms with Gasteiger partial charge in [0.2, 0.25) is 0 Å². The molecule has 0 aliphatic carbocycles. The van der Waals surface area contributed by atoms with Crippen LogP contribution in [0.1, 0.15) is 17.3 Å². The predicted molar refractivity (Wildman–Crippen MR) is 63.7 cm³/mol. The molecule has 2 N–H and O–H groups in total. The van der Waals surface area contributed by atoms with Crippen LogP contribution >= 0.6 is 12.8 Å². The monoisotopic (exact) mass is 258 g/mol. The molecule has 6 nitrogen and oxygen atoms in total. The summed E-state index contributed by atoms with van der Waals surface area (Å²) in [7, 11) is 0. The number of carbonyl (C=O) groups excluding carboxylic acids is 2. The molecule has 0 saturated carbocycles. The number of hydroxylamine groups is 1. The molecular weight excluding hydrogens is 244 g/mol. The maximum Gasteiger partial charge on any atom is 0.437 e. The Hall–Kier alpha value is -1.73. The van der Waals surface area contributed by atoms with E-state index in [1.54, 1.807) is 0 Å². The lowest BCUT2D eigenvalue weighted by atomic mass is 10.2. The molecule has 1 aromatic rings. The molecule has 0 aliphatic heterocycles. The van der Waals surface area contributed by atoms with Gasteiger partial charge in [0.05, 0.1) is 0 Å². The number of ether oxygens (including phenoxy) is 1. The van der Waals surface area contributed by atoms with Gasteiger partial charge in [-0.3, -0.25) is 4.79 Å². The molecule has 1 rings (SSSR count). The fourth-order valence-electron chi connectivity index (χ4n) is 1.10. The normalized spacial score (nSPS) is 10.3. The number of hydrogen-bond acceptors (Lipinski definition) is 5. The largest absolute Gasteiger partial charge is 0.437 e. The smallest absolute Gasteiger partial charge is 0.409 e. The van der Waals surface area contributed by atoms with Gasteiger partial charge in [0, 0.05) is 24.9 Å². The molecule has 17 heavy (non-hydrogen) atoms. The number of hydrogen-bond donors (Lipinski definition) is 3. The van der Waals surface area contributed by atoms with E-state index in [0.717, 1.165) is 0 Å². The van der Waals surface area contributed by atoms with E-state index in [9.17, 15) is 9.59 Å². The molecule has 0 bridgehead atoms. The van der Waals surface area contributed by atoms with E-state index >= 15 is 0 Å². The lowest BCUT2D eigenvalue weighted by Gasteiger charge is -2.05. The Balaban J connectivity index is 2.55. The Morgan fingerprint density at radius 2 is 2.12 bits per heavy atom. The van der Waals surface area contributed by atoms with Crippen molar-refractivity contribution in [3.63, 3.8) is 0 Å². The third-order valence-corrected chi connectivity index (χ3v) is 1.87. The Morgan fingerprint density at radius 1 is 1.41 bits per heavy atom. The molecule has 0 spiro atoms. The number of benzene rings is 1. The predicted octanol–water partition coefficient (Wildman–Crippen LogP) is 1.30. The van der Waals surface area contributed by atoms with Crippen LogP contribution in [0.5, 0.6) is 5.75 Å². The number of amides is 2. The summed E-state index contributed by atoms with van der Waals surface area (Å²) < 4.78 is 15.6. The Morgan fingerprint density at radius 3 is 2.71 bits per heavy atom. The fraction of sp³-hybridized carbons (Fsp3) is 0.200. The highest BCUT2D eigenvalue weighted by atomic mass is 32.1. The molecule has 1 aromatic carbocycles. The second-order valence-corrected chi connectivity index (χ2v) is 3.13. The highest BCUT2D eigenvalue weighted by molar-refractivity contribution is 7.75. The van der Waals surface area contributed by atoms with Crippen LogP contribution < -0.4 is 15.5 Å². The van der Waals surface area contributed by atoms with Crippen molar-refractivity contribution in [3.05, 3.63) is 29.8 Å². The van der Waals surface area contributed by atoms with Gasteiger partial charge in [-0.1, -0.05) is 0 Å². The maximum absolute atomic E-state index is 11.4. The summed E-state index contributed by atoms with van der Waals surface area (Å²) in [6.07, 6.45) is -0.847.